The number of benzene rings is 1. The number of nitriles is 1. The van der Waals surface area contributed by atoms with Crippen LogP contribution < -0.4 is 10.1 Å². The Hall–Kier alpha value is -3.28. The second kappa shape index (κ2) is 8.39. The van der Waals surface area contributed by atoms with Gasteiger partial charge in [0.05, 0.1) is 16.6 Å². The molecule has 0 aliphatic carbocycles. The number of hydrogen-bond donors (Lipinski definition) is 1. The molecular weight excluding hydrogens is 413 g/mol. The van der Waals surface area contributed by atoms with Gasteiger partial charge in [-0.05, 0) is 24.1 Å². The van der Waals surface area contributed by atoms with Crippen LogP contribution in [-0.4, -0.2) is 21.5 Å². The molecule has 6 nitrogen and oxygen atoms in total. The number of ether oxygens (including phenoxy) is 1. The second-order valence-electron chi connectivity index (χ2n) is 6.02. The third-order valence-electron chi connectivity index (χ3n) is 4.11. The number of thiophene rings is 1. The van der Waals surface area contributed by atoms with Crippen LogP contribution in [0.25, 0.3) is 10.2 Å². The van der Waals surface area contributed by atoms with Crippen LogP contribution in [0.5, 0.6) is 11.5 Å². The van der Waals surface area contributed by atoms with E-state index in [9.17, 15) is 4.39 Å². The lowest BCUT2D eigenvalue weighted by Crippen LogP contribution is -2.06. The topological polar surface area (TPSA) is 83.7 Å². The van der Waals surface area contributed by atoms with E-state index in [0.717, 1.165) is 34.1 Å². The molecule has 1 N–H and O–H groups in total. The summed E-state index contributed by atoms with van der Waals surface area (Å²) in [5, 5.41) is 15.3. The number of anilines is 1. The van der Waals surface area contributed by atoms with E-state index < -0.39 is 5.82 Å². The summed E-state index contributed by atoms with van der Waals surface area (Å²) in [6.45, 7) is 0.670. The number of pyridine rings is 1. The predicted octanol–water partition coefficient (Wildman–Crippen LogP) is 5.20. The minimum atomic E-state index is -0.711. The van der Waals surface area contributed by atoms with Crippen LogP contribution in [0.4, 0.5) is 10.2 Å². The van der Waals surface area contributed by atoms with Gasteiger partial charge in [0.15, 0.2) is 11.5 Å². The Labute approximate surface area is 174 Å². The lowest BCUT2D eigenvalue weighted by Gasteiger charge is -2.09. The van der Waals surface area contributed by atoms with Crippen molar-refractivity contribution in [1.82, 2.24) is 15.0 Å². The van der Waals surface area contributed by atoms with E-state index in [2.05, 4.69) is 20.3 Å². The Bertz CT molecular complexity index is 1210. The van der Waals surface area contributed by atoms with E-state index in [-0.39, 0.29) is 11.4 Å². The van der Waals surface area contributed by atoms with Crippen molar-refractivity contribution in [1.29, 1.82) is 5.26 Å². The van der Waals surface area contributed by atoms with Crippen molar-refractivity contribution in [2.24, 2.45) is 0 Å². The van der Waals surface area contributed by atoms with E-state index in [0.29, 0.717) is 17.3 Å². The molecule has 144 valence electrons. The summed E-state index contributed by atoms with van der Waals surface area (Å²) in [6.07, 6.45) is 3.60. The highest BCUT2D eigenvalue weighted by Crippen LogP contribution is 2.32. The zero-order valence-electron chi connectivity index (χ0n) is 14.9. The molecule has 3 heterocycles. The van der Waals surface area contributed by atoms with E-state index in [1.54, 1.807) is 18.2 Å². The first kappa shape index (κ1) is 19.1. The van der Waals surface area contributed by atoms with Crippen LogP contribution in [-0.2, 0) is 6.42 Å². The van der Waals surface area contributed by atoms with Gasteiger partial charge in [0.2, 0.25) is 0 Å². The number of aromatic nitrogens is 3. The molecule has 0 aliphatic rings. The van der Waals surface area contributed by atoms with Crippen LogP contribution >= 0.6 is 22.9 Å². The van der Waals surface area contributed by atoms with Gasteiger partial charge in [-0.25, -0.2) is 19.3 Å². The SMILES string of the molecule is N#Cc1ncc(Oc2ccc(CCNc3ncnc4scc(Cl)c34)cc2)cc1F. The highest BCUT2D eigenvalue weighted by atomic mass is 35.5. The highest BCUT2D eigenvalue weighted by molar-refractivity contribution is 7.17. The fourth-order valence-electron chi connectivity index (χ4n) is 2.72. The Morgan fingerprint density at radius 2 is 2.00 bits per heavy atom. The van der Waals surface area contributed by atoms with E-state index >= 15 is 0 Å². The van der Waals surface area contributed by atoms with Crippen molar-refractivity contribution < 1.29 is 9.13 Å². The number of halogens is 2. The maximum atomic E-state index is 13.6. The highest BCUT2D eigenvalue weighted by Gasteiger charge is 2.10. The summed E-state index contributed by atoms with van der Waals surface area (Å²) < 4.78 is 19.2. The molecule has 0 saturated carbocycles. The lowest BCUT2D eigenvalue weighted by molar-refractivity contribution is 0.472. The quantitative estimate of drug-likeness (QED) is 0.457. The molecule has 0 saturated heterocycles. The van der Waals surface area contributed by atoms with Crippen molar-refractivity contribution >= 4 is 39.0 Å². The summed E-state index contributed by atoms with van der Waals surface area (Å²) in [6, 6.07) is 10.3. The number of fused-ring (bicyclic) bond motifs is 1. The van der Waals surface area contributed by atoms with Crippen LogP contribution in [0.1, 0.15) is 11.3 Å². The molecule has 0 spiro atoms. The standard InChI is InChI=1S/C20H13ClFN5OS/c21-15-10-29-20-18(15)19(26-11-27-20)24-6-5-12-1-3-13(4-2-12)28-14-7-16(22)17(8-23)25-9-14/h1-4,7,9-11H,5-6H2,(H,24,26,27). The average Bonchev–Trinajstić information content (AvgIpc) is 3.11. The lowest BCUT2D eigenvalue weighted by atomic mass is 10.1. The third-order valence-corrected chi connectivity index (χ3v) is 5.43. The van der Waals surface area contributed by atoms with Crippen molar-refractivity contribution in [3.05, 3.63) is 70.3 Å². The summed E-state index contributed by atoms with van der Waals surface area (Å²) in [5.41, 5.74) is 0.834. The molecule has 0 atom stereocenters. The molecule has 29 heavy (non-hydrogen) atoms. The van der Waals surface area contributed by atoms with E-state index in [4.69, 9.17) is 21.6 Å². The molecule has 4 aromatic rings. The maximum absolute atomic E-state index is 13.6. The van der Waals surface area contributed by atoms with Crippen LogP contribution in [0.2, 0.25) is 5.02 Å². The zero-order chi connectivity index (χ0) is 20.2. The number of rotatable bonds is 6. The molecule has 0 amide bonds. The van der Waals surface area contributed by atoms with Gasteiger partial charge < -0.3 is 10.1 Å². The fourth-order valence-corrected chi connectivity index (χ4v) is 3.85. The molecule has 0 unspecified atom stereocenters. The van der Waals surface area contributed by atoms with E-state index in [1.165, 1.54) is 23.9 Å². The molecule has 4 rings (SSSR count). The predicted molar refractivity (Wildman–Crippen MR) is 110 cm³/mol. The van der Waals surface area contributed by atoms with Crippen molar-refractivity contribution in [2.75, 3.05) is 11.9 Å². The van der Waals surface area contributed by atoms with Crippen LogP contribution in [0.3, 0.4) is 0 Å². The Kier molecular flexibility index (Phi) is 5.51. The second-order valence-corrected chi connectivity index (χ2v) is 7.29. The van der Waals surface area contributed by atoms with Crippen molar-refractivity contribution in [3.8, 4) is 17.6 Å². The van der Waals surface area contributed by atoms with Gasteiger partial charge in [-0.3, -0.25) is 0 Å². The summed E-state index contributed by atoms with van der Waals surface area (Å²) in [7, 11) is 0. The Morgan fingerprint density at radius 1 is 1.17 bits per heavy atom. The first-order valence-corrected chi connectivity index (χ1v) is 9.84. The van der Waals surface area contributed by atoms with Gasteiger partial charge in [-0.2, -0.15) is 5.26 Å². The van der Waals surface area contributed by atoms with Gasteiger partial charge in [0, 0.05) is 18.0 Å². The Morgan fingerprint density at radius 3 is 2.76 bits per heavy atom. The number of nitrogens with zero attached hydrogens (tertiary/aromatic N) is 4. The normalized spacial score (nSPS) is 10.7. The first-order valence-electron chi connectivity index (χ1n) is 8.58. The largest absolute Gasteiger partial charge is 0.456 e. The van der Waals surface area contributed by atoms with Crippen molar-refractivity contribution in [2.45, 2.75) is 6.42 Å². The summed E-state index contributed by atoms with van der Waals surface area (Å²) in [4.78, 5) is 13.1. The molecular formula is C20H13ClFN5OS. The summed E-state index contributed by atoms with van der Waals surface area (Å²) >= 11 is 7.70. The first-order chi connectivity index (χ1) is 14.1. The van der Waals surface area contributed by atoms with Crippen molar-refractivity contribution in [3.63, 3.8) is 0 Å². The molecule has 9 heteroatoms. The molecule has 1 aromatic carbocycles. The molecule has 0 radical (unpaired) electrons. The average molecular weight is 426 g/mol. The number of nitrogens with one attached hydrogen (secondary N) is 1. The Balaban J connectivity index is 1.36. The molecule has 0 fully saturated rings. The minimum absolute atomic E-state index is 0.233. The molecule has 0 bridgehead atoms. The monoisotopic (exact) mass is 425 g/mol. The maximum Gasteiger partial charge on any atom is 0.176 e. The smallest absolute Gasteiger partial charge is 0.176 e. The summed E-state index contributed by atoms with van der Waals surface area (Å²) in [5.74, 6) is 0.792. The fraction of sp³-hybridized carbons (Fsp3) is 0.100. The molecule has 3 aromatic heterocycles. The minimum Gasteiger partial charge on any atom is -0.456 e. The van der Waals surface area contributed by atoms with Gasteiger partial charge in [0.25, 0.3) is 0 Å². The van der Waals surface area contributed by atoms with E-state index in [1.807, 2.05) is 17.5 Å². The zero-order valence-corrected chi connectivity index (χ0v) is 16.5. The van der Waals surface area contributed by atoms with Gasteiger partial charge in [0.1, 0.15) is 34.5 Å². The van der Waals surface area contributed by atoms with Crippen LogP contribution in [0, 0.1) is 17.1 Å². The van der Waals surface area contributed by atoms with Gasteiger partial charge in [-0.1, -0.05) is 23.7 Å². The van der Waals surface area contributed by atoms with Gasteiger partial charge in [-0.15, -0.1) is 11.3 Å². The molecule has 0 aliphatic heterocycles. The third kappa shape index (κ3) is 4.26. The van der Waals surface area contributed by atoms with Gasteiger partial charge >= 0.3 is 0 Å². The van der Waals surface area contributed by atoms with Crippen LogP contribution in [0.15, 0.2) is 48.2 Å². The number of hydrogen-bond acceptors (Lipinski definition) is 7.